The van der Waals surface area contributed by atoms with Crippen LogP contribution < -0.4 is 19.5 Å². The van der Waals surface area contributed by atoms with Crippen LogP contribution in [0, 0.1) is 0 Å². The molecule has 7 nitrogen and oxygen atoms in total. The van der Waals surface area contributed by atoms with Crippen LogP contribution in [0.1, 0.15) is 6.92 Å². The zero-order valence-corrected chi connectivity index (χ0v) is 19.0. The van der Waals surface area contributed by atoms with E-state index in [1.54, 1.807) is 19.5 Å². The van der Waals surface area contributed by atoms with Crippen LogP contribution >= 0.6 is 24.0 Å². The van der Waals surface area contributed by atoms with Crippen molar-refractivity contribution in [1.82, 2.24) is 15.2 Å². The number of aromatic nitrogens is 1. The first-order valence-electron chi connectivity index (χ1n) is 9.02. The fourth-order valence-corrected chi connectivity index (χ4v) is 2.30. The Labute approximate surface area is 184 Å². The summed E-state index contributed by atoms with van der Waals surface area (Å²) in [6, 6.07) is 11.3. The molecule has 0 aliphatic carbocycles. The van der Waals surface area contributed by atoms with Gasteiger partial charge in [0.1, 0.15) is 30.5 Å². The summed E-state index contributed by atoms with van der Waals surface area (Å²) in [5, 5.41) is 3.28. The number of methoxy groups -OCH3 is 1. The van der Waals surface area contributed by atoms with E-state index in [0.29, 0.717) is 26.3 Å². The van der Waals surface area contributed by atoms with Gasteiger partial charge in [0.2, 0.25) is 0 Å². The van der Waals surface area contributed by atoms with Gasteiger partial charge in [-0.1, -0.05) is 0 Å². The van der Waals surface area contributed by atoms with E-state index in [4.69, 9.17) is 14.2 Å². The van der Waals surface area contributed by atoms with Crippen LogP contribution in [-0.2, 0) is 0 Å². The smallest absolute Gasteiger partial charge is 0.193 e. The molecule has 1 heterocycles. The minimum absolute atomic E-state index is 0. The summed E-state index contributed by atoms with van der Waals surface area (Å²) in [6.45, 7) is 5.16. The fourth-order valence-electron chi connectivity index (χ4n) is 2.30. The number of benzene rings is 1. The van der Waals surface area contributed by atoms with Crippen molar-refractivity contribution in [2.75, 3.05) is 47.0 Å². The average molecular weight is 500 g/mol. The third kappa shape index (κ3) is 8.64. The zero-order chi connectivity index (χ0) is 19.3. The highest BCUT2D eigenvalue weighted by Crippen LogP contribution is 2.16. The molecule has 28 heavy (non-hydrogen) atoms. The predicted molar refractivity (Wildman–Crippen MR) is 122 cm³/mol. The number of nitrogens with zero attached hydrogens (tertiary/aromatic N) is 3. The lowest BCUT2D eigenvalue weighted by atomic mass is 10.3. The molecule has 2 rings (SSSR count). The summed E-state index contributed by atoms with van der Waals surface area (Å²) in [5.74, 6) is 3.20. The third-order valence-electron chi connectivity index (χ3n) is 3.71. The van der Waals surface area contributed by atoms with E-state index >= 15 is 0 Å². The lowest BCUT2D eigenvalue weighted by molar-refractivity contribution is 0.280. The Hall–Kier alpha value is -2.23. The van der Waals surface area contributed by atoms with Gasteiger partial charge in [0.05, 0.1) is 26.4 Å². The molecule has 1 aromatic heterocycles. The number of ether oxygens (including phenoxy) is 3. The average Bonchev–Trinajstić information content (AvgIpc) is 2.71. The molecule has 0 spiro atoms. The van der Waals surface area contributed by atoms with E-state index < -0.39 is 0 Å². The highest BCUT2D eigenvalue weighted by atomic mass is 127. The second-order valence-corrected chi connectivity index (χ2v) is 5.72. The number of hydrogen-bond acceptors (Lipinski definition) is 5. The van der Waals surface area contributed by atoms with Crippen LogP contribution in [0.5, 0.6) is 17.2 Å². The molecular weight excluding hydrogens is 471 g/mol. The second kappa shape index (κ2) is 13.9. The minimum atomic E-state index is 0. The first-order valence-corrected chi connectivity index (χ1v) is 9.02. The normalized spacial score (nSPS) is 10.6. The SMILES string of the molecule is CCNC(=NCCOc1cccnc1)N(C)CCOc1ccc(OC)cc1.I. The van der Waals surface area contributed by atoms with Gasteiger partial charge < -0.3 is 24.4 Å². The van der Waals surface area contributed by atoms with Crippen LogP contribution in [0.4, 0.5) is 0 Å². The zero-order valence-electron chi connectivity index (χ0n) is 16.6. The number of guanidine groups is 1. The number of pyridine rings is 1. The summed E-state index contributed by atoms with van der Waals surface area (Å²) >= 11 is 0. The molecule has 8 heteroatoms. The number of likely N-dealkylation sites (N-methyl/N-ethyl adjacent to an activating group) is 1. The quantitative estimate of drug-likeness (QED) is 0.234. The van der Waals surface area contributed by atoms with Crippen LogP contribution in [0.3, 0.4) is 0 Å². The van der Waals surface area contributed by atoms with Crippen molar-refractivity contribution in [3.8, 4) is 17.2 Å². The van der Waals surface area contributed by atoms with Crippen LogP contribution in [-0.4, -0.2) is 62.8 Å². The van der Waals surface area contributed by atoms with E-state index in [0.717, 1.165) is 29.8 Å². The lowest BCUT2D eigenvalue weighted by Gasteiger charge is -2.22. The van der Waals surface area contributed by atoms with Crippen molar-refractivity contribution in [3.63, 3.8) is 0 Å². The first-order chi connectivity index (χ1) is 13.2. The van der Waals surface area contributed by atoms with Gasteiger partial charge in [-0.3, -0.25) is 4.98 Å². The van der Waals surface area contributed by atoms with Gasteiger partial charge in [0.15, 0.2) is 5.96 Å². The molecule has 0 amide bonds. The van der Waals surface area contributed by atoms with Crippen LogP contribution in [0.25, 0.3) is 0 Å². The largest absolute Gasteiger partial charge is 0.497 e. The van der Waals surface area contributed by atoms with Gasteiger partial charge in [-0.25, -0.2) is 4.99 Å². The van der Waals surface area contributed by atoms with Crippen molar-refractivity contribution >= 4 is 29.9 Å². The maximum Gasteiger partial charge on any atom is 0.193 e. The topological polar surface area (TPSA) is 68.2 Å². The van der Waals surface area contributed by atoms with E-state index in [1.165, 1.54) is 0 Å². The molecule has 154 valence electrons. The minimum Gasteiger partial charge on any atom is -0.497 e. The Morgan fingerprint density at radius 2 is 1.79 bits per heavy atom. The Morgan fingerprint density at radius 3 is 2.43 bits per heavy atom. The predicted octanol–water partition coefficient (Wildman–Crippen LogP) is 3.06. The number of aliphatic imine (C=N–C) groups is 1. The maximum atomic E-state index is 5.78. The summed E-state index contributed by atoms with van der Waals surface area (Å²) in [7, 11) is 3.63. The molecule has 0 bridgehead atoms. The van der Waals surface area contributed by atoms with Gasteiger partial charge >= 0.3 is 0 Å². The van der Waals surface area contributed by atoms with Crippen LogP contribution in [0.15, 0.2) is 53.8 Å². The van der Waals surface area contributed by atoms with Crippen molar-refractivity contribution in [2.24, 2.45) is 4.99 Å². The number of rotatable bonds is 10. The summed E-state index contributed by atoms with van der Waals surface area (Å²) in [5.41, 5.74) is 0. The molecule has 2 aromatic rings. The molecule has 0 atom stereocenters. The van der Waals surface area contributed by atoms with E-state index in [-0.39, 0.29) is 24.0 Å². The monoisotopic (exact) mass is 500 g/mol. The van der Waals surface area contributed by atoms with Crippen LogP contribution in [0.2, 0.25) is 0 Å². The highest BCUT2D eigenvalue weighted by Gasteiger charge is 2.06. The van der Waals surface area contributed by atoms with Gasteiger partial charge in [-0.15, -0.1) is 24.0 Å². The molecule has 0 saturated heterocycles. The Kier molecular flexibility index (Phi) is 11.8. The Bertz CT molecular complexity index is 684. The van der Waals surface area contributed by atoms with Gasteiger partial charge in [-0.2, -0.15) is 0 Å². The van der Waals surface area contributed by atoms with E-state index in [9.17, 15) is 0 Å². The molecule has 0 fully saturated rings. The Balaban J connectivity index is 0.00000392. The summed E-state index contributed by atoms with van der Waals surface area (Å²) in [6.07, 6.45) is 3.41. The molecule has 1 aromatic carbocycles. The maximum absolute atomic E-state index is 5.78. The van der Waals surface area contributed by atoms with E-state index in [1.807, 2.05) is 55.3 Å². The first kappa shape index (κ1) is 23.8. The van der Waals surface area contributed by atoms with Gasteiger partial charge in [0.25, 0.3) is 0 Å². The van der Waals surface area contributed by atoms with E-state index in [2.05, 4.69) is 15.3 Å². The molecular formula is C20H29IN4O3. The summed E-state index contributed by atoms with van der Waals surface area (Å²) < 4.78 is 16.5. The van der Waals surface area contributed by atoms with Crippen molar-refractivity contribution in [3.05, 3.63) is 48.8 Å². The fraction of sp³-hybridized carbons (Fsp3) is 0.400. The third-order valence-corrected chi connectivity index (χ3v) is 3.71. The van der Waals surface area contributed by atoms with Crippen molar-refractivity contribution in [1.29, 1.82) is 0 Å². The molecule has 0 saturated carbocycles. The highest BCUT2D eigenvalue weighted by molar-refractivity contribution is 14.0. The van der Waals surface area contributed by atoms with Gasteiger partial charge in [0, 0.05) is 19.8 Å². The molecule has 1 N–H and O–H groups in total. The number of nitrogens with one attached hydrogen (secondary N) is 1. The number of hydrogen-bond donors (Lipinski definition) is 1. The molecule has 0 radical (unpaired) electrons. The standard InChI is InChI=1S/C20H28N4O3.HI/c1-4-22-20(23-12-14-26-19-6-5-11-21-16-19)24(2)13-15-27-18-9-7-17(25-3)8-10-18;/h5-11,16H,4,12-15H2,1-3H3,(H,22,23);1H. The van der Waals surface area contributed by atoms with Gasteiger partial charge in [-0.05, 0) is 43.3 Å². The molecule has 0 aliphatic rings. The van der Waals surface area contributed by atoms with Crippen molar-refractivity contribution < 1.29 is 14.2 Å². The summed E-state index contributed by atoms with van der Waals surface area (Å²) in [4.78, 5) is 10.7. The Morgan fingerprint density at radius 1 is 1.07 bits per heavy atom. The second-order valence-electron chi connectivity index (χ2n) is 5.72. The molecule has 0 aliphatic heterocycles. The lowest BCUT2D eigenvalue weighted by Crippen LogP contribution is -2.41. The molecule has 0 unspecified atom stereocenters. The number of halogens is 1. The van der Waals surface area contributed by atoms with Crippen molar-refractivity contribution in [2.45, 2.75) is 6.92 Å².